The van der Waals surface area contributed by atoms with Gasteiger partial charge in [-0.2, -0.15) is 0 Å². The standard InChI is InChI=1S/C27H24FN5O6/c1-2-19(34)32-23-21-24(30-14-29-23)33(15-31-21)25-20(28)22(39-27(36)17-11-7-4-8-12-17)18(38-25)13-37-26(35)16-9-5-3-6-10-16/h3-12,14-15,18,20,22,25H,2,13H2,1H3,(H,29,30,32,34). The molecule has 1 N–H and O–H groups in total. The van der Waals surface area contributed by atoms with Gasteiger partial charge in [0.05, 0.1) is 17.5 Å². The number of halogens is 1. The van der Waals surface area contributed by atoms with Gasteiger partial charge in [0.15, 0.2) is 35.5 Å². The van der Waals surface area contributed by atoms with Gasteiger partial charge in [-0.1, -0.05) is 43.3 Å². The van der Waals surface area contributed by atoms with Crippen molar-refractivity contribution in [1.29, 1.82) is 0 Å². The first-order valence-corrected chi connectivity index (χ1v) is 12.2. The van der Waals surface area contributed by atoms with Crippen LogP contribution in [0.15, 0.2) is 73.3 Å². The fourth-order valence-electron chi connectivity index (χ4n) is 4.12. The highest BCUT2D eigenvalue weighted by Crippen LogP contribution is 2.36. The average molecular weight is 534 g/mol. The highest BCUT2D eigenvalue weighted by molar-refractivity contribution is 5.96. The minimum Gasteiger partial charge on any atom is -0.459 e. The SMILES string of the molecule is CCC(=O)Nc1ncnc2c1ncn2C1OC(COC(=O)c2ccccc2)C(OC(=O)c2ccccc2)C1F. The highest BCUT2D eigenvalue weighted by atomic mass is 19.1. The van der Waals surface area contributed by atoms with E-state index >= 15 is 4.39 Å². The van der Waals surface area contributed by atoms with Crippen LogP contribution in [0.3, 0.4) is 0 Å². The smallest absolute Gasteiger partial charge is 0.338 e. The van der Waals surface area contributed by atoms with E-state index in [0.29, 0.717) is 5.56 Å². The lowest BCUT2D eigenvalue weighted by atomic mass is 10.1. The summed E-state index contributed by atoms with van der Waals surface area (Å²) < 4.78 is 34.2. The number of ether oxygens (including phenoxy) is 3. The van der Waals surface area contributed by atoms with E-state index in [4.69, 9.17) is 14.2 Å². The number of fused-ring (bicyclic) bond motifs is 1. The zero-order valence-electron chi connectivity index (χ0n) is 20.8. The number of alkyl halides is 1. The van der Waals surface area contributed by atoms with Gasteiger partial charge >= 0.3 is 11.9 Å². The van der Waals surface area contributed by atoms with Gasteiger partial charge < -0.3 is 19.5 Å². The van der Waals surface area contributed by atoms with Crippen LogP contribution in [0.2, 0.25) is 0 Å². The van der Waals surface area contributed by atoms with Crippen LogP contribution < -0.4 is 5.32 Å². The highest BCUT2D eigenvalue weighted by Gasteiger charge is 2.50. The maximum absolute atomic E-state index is 16.0. The lowest BCUT2D eigenvalue weighted by Gasteiger charge is -2.19. The third kappa shape index (κ3) is 5.46. The maximum Gasteiger partial charge on any atom is 0.338 e. The van der Waals surface area contributed by atoms with Crippen LogP contribution in [0, 0.1) is 0 Å². The van der Waals surface area contributed by atoms with E-state index in [1.54, 1.807) is 67.6 Å². The second-order valence-corrected chi connectivity index (χ2v) is 8.66. The van der Waals surface area contributed by atoms with E-state index in [9.17, 15) is 14.4 Å². The normalized spacial score (nSPS) is 20.5. The molecule has 39 heavy (non-hydrogen) atoms. The average Bonchev–Trinajstić information content (AvgIpc) is 3.54. The van der Waals surface area contributed by atoms with Crippen molar-refractivity contribution in [3.63, 3.8) is 0 Å². The monoisotopic (exact) mass is 533 g/mol. The van der Waals surface area contributed by atoms with Crippen LogP contribution in [-0.4, -0.2) is 62.4 Å². The van der Waals surface area contributed by atoms with Gasteiger partial charge in [-0.15, -0.1) is 0 Å². The van der Waals surface area contributed by atoms with E-state index in [1.807, 2.05) is 0 Å². The lowest BCUT2D eigenvalue weighted by Crippen LogP contribution is -2.37. The molecule has 0 aliphatic carbocycles. The molecule has 0 saturated carbocycles. The van der Waals surface area contributed by atoms with E-state index in [0.717, 1.165) is 0 Å². The molecule has 1 saturated heterocycles. The number of esters is 2. The van der Waals surface area contributed by atoms with Crippen molar-refractivity contribution in [3.8, 4) is 0 Å². The molecule has 4 aromatic rings. The zero-order valence-corrected chi connectivity index (χ0v) is 20.8. The number of nitrogens with zero attached hydrogens (tertiary/aromatic N) is 4. The number of hydrogen-bond acceptors (Lipinski definition) is 9. The molecular formula is C27H24FN5O6. The number of nitrogens with one attached hydrogen (secondary N) is 1. The first-order chi connectivity index (χ1) is 19.0. The largest absolute Gasteiger partial charge is 0.459 e. The van der Waals surface area contributed by atoms with Crippen molar-refractivity contribution in [2.75, 3.05) is 11.9 Å². The van der Waals surface area contributed by atoms with Crippen molar-refractivity contribution in [1.82, 2.24) is 19.5 Å². The number of benzene rings is 2. The predicted octanol–water partition coefficient (Wildman–Crippen LogP) is 3.49. The van der Waals surface area contributed by atoms with Crippen LogP contribution in [-0.2, 0) is 19.0 Å². The van der Waals surface area contributed by atoms with Gasteiger partial charge in [0.1, 0.15) is 19.0 Å². The Bertz CT molecular complexity index is 1480. The molecule has 4 atom stereocenters. The third-order valence-corrected chi connectivity index (χ3v) is 6.12. The summed E-state index contributed by atoms with van der Waals surface area (Å²) in [5.41, 5.74) is 0.956. The summed E-state index contributed by atoms with van der Waals surface area (Å²) in [7, 11) is 0. The minimum absolute atomic E-state index is 0.166. The van der Waals surface area contributed by atoms with E-state index in [-0.39, 0.29) is 41.5 Å². The second kappa shape index (κ2) is 11.4. The second-order valence-electron chi connectivity index (χ2n) is 8.66. The van der Waals surface area contributed by atoms with Gasteiger partial charge in [0.25, 0.3) is 0 Å². The van der Waals surface area contributed by atoms with Crippen LogP contribution >= 0.6 is 0 Å². The molecule has 3 heterocycles. The molecular weight excluding hydrogens is 509 g/mol. The van der Waals surface area contributed by atoms with Gasteiger partial charge in [-0.3, -0.25) is 9.36 Å². The molecule has 2 aromatic carbocycles. The molecule has 1 aliphatic heterocycles. The maximum atomic E-state index is 16.0. The number of carbonyl (C=O) groups excluding carboxylic acids is 3. The molecule has 0 bridgehead atoms. The van der Waals surface area contributed by atoms with Gasteiger partial charge in [-0.25, -0.2) is 28.9 Å². The van der Waals surface area contributed by atoms with Crippen LogP contribution in [0.1, 0.15) is 40.3 Å². The molecule has 0 spiro atoms. The number of rotatable bonds is 8. The van der Waals surface area contributed by atoms with Crippen molar-refractivity contribution < 1.29 is 33.0 Å². The molecule has 12 heteroatoms. The molecule has 5 rings (SSSR count). The number of carbonyl (C=O) groups is 3. The van der Waals surface area contributed by atoms with Crippen molar-refractivity contribution in [2.45, 2.75) is 38.0 Å². The Morgan fingerprint density at radius 3 is 2.31 bits per heavy atom. The molecule has 11 nitrogen and oxygen atoms in total. The Balaban J connectivity index is 1.41. The van der Waals surface area contributed by atoms with E-state index in [2.05, 4.69) is 20.3 Å². The summed E-state index contributed by atoms with van der Waals surface area (Å²) in [6, 6.07) is 16.4. The van der Waals surface area contributed by atoms with Crippen LogP contribution in [0.5, 0.6) is 0 Å². The summed E-state index contributed by atoms with van der Waals surface area (Å²) in [5, 5.41) is 2.63. The van der Waals surface area contributed by atoms with Gasteiger partial charge in [-0.05, 0) is 24.3 Å². The van der Waals surface area contributed by atoms with E-state index < -0.39 is 36.5 Å². The molecule has 2 aromatic heterocycles. The fourth-order valence-corrected chi connectivity index (χ4v) is 4.12. The summed E-state index contributed by atoms with van der Waals surface area (Å²) in [6.45, 7) is 1.31. The number of hydrogen-bond donors (Lipinski definition) is 1. The molecule has 1 aliphatic rings. The van der Waals surface area contributed by atoms with Crippen LogP contribution in [0.4, 0.5) is 10.2 Å². The number of aromatic nitrogens is 4. The Hall–Kier alpha value is -4.71. The molecule has 0 radical (unpaired) electrons. The van der Waals surface area contributed by atoms with Crippen molar-refractivity contribution in [3.05, 3.63) is 84.4 Å². The lowest BCUT2D eigenvalue weighted by molar-refractivity contribution is -0.115. The fraction of sp³-hybridized carbons (Fsp3) is 0.259. The number of imidazole rings is 1. The summed E-state index contributed by atoms with van der Waals surface area (Å²) >= 11 is 0. The quantitative estimate of drug-likeness (QED) is 0.338. The first-order valence-electron chi connectivity index (χ1n) is 12.2. The van der Waals surface area contributed by atoms with E-state index in [1.165, 1.54) is 17.2 Å². The van der Waals surface area contributed by atoms with Crippen LogP contribution in [0.25, 0.3) is 11.2 Å². The summed E-state index contributed by atoms with van der Waals surface area (Å²) in [4.78, 5) is 49.7. The predicted molar refractivity (Wildman–Crippen MR) is 135 cm³/mol. The Labute approximate surface area is 221 Å². The first kappa shape index (κ1) is 25.9. The molecule has 4 unspecified atom stereocenters. The number of amides is 1. The van der Waals surface area contributed by atoms with Gasteiger partial charge in [0.2, 0.25) is 5.91 Å². The molecule has 200 valence electrons. The topological polar surface area (TPSA) is 135 Å². The zero-order chi connectivity index (χ0) is 27.4. The minimum atomic E-state index is -1.88. The Kier molecular flexibility index (Phi) is 7.55. The summed E-state index contributed by atoms with van der Waals surface area (Å²) in [6.07, 6.45) is -3.02. The Morgan fingerprint density at radius 2 is 1.64 bits per heavy atom. The Morgan fingerprint density at radius 1 is 0.974 bits per heavy atom. The van der Waals surface area contributed by atoms with Crippen molar-refractivity contribution >= 4 is 34.8 Å². The van der Waals surface area contributed by atoms with Gasteiger partial charge in [0, 0.05) is 6.42 Å². The summed E-state index contributed by atoms with van der Waals surface area (Å²) in [5.74, 6) is -1.50. The number of anilines is 1. The molecule has 1 fully saturated rings. The van der Waals surface area contributed by atoms with Crippen molar-refractivity contribution in [2.24, 2.45) is 0 Å². The molecule has 1 amide bonds. The third-order valence-electron chi connectivity index (χ3n) is 6.12.